The van der Waals surface area contributed by atoms with Crippen molar-refractivity contribution in [2.75, 3.05) is 17.7 Å². The van der Waals surface area contributed by atoms with E-state index in [0.717, 1.165) is 0 Å². The maximum Gasteiger partial charge on any atom is 0.337 e. The van der Waals surface area contributed by atoms with Crippen LogP contribution in [0, 0.1) is 6.92 Å². The summed E-state index contributed by atoms with van der Waals surface area (Å²) in [6.45, 7) is 1.70. The number of anilines is 3. The van der Waals surface area contributed by atoms with Gasteiger partial charge in [-0.05, 0) is 37.3 Å². The first-order chi connectivity index (χ1) is 13.0. The molecule has 0 saturated carbocycles. The molecular weight excluding hydrogens is 344 g/mol. The fourth-order valence-corrected chi connectivity index (χ4v) is 2.45. The van der Waals surface area contributed by atoms with Gasteiger partial charge < -0.3 is 15.4 Å². The average molecular weight is 362 g/mol. The second kappa shape index (κ2) is 8.09. The molecule has 0 fully saturated rings. The number of esters is 1. The van der Waals surface area contributed by atoms with Crippen molar-refractivity contribution in [2.45, 2.75) is 6.92 Å². The summed E-state index contributed by atoms with van der Waals surface area (Å²) < 4.78 is 4.72. The zero-order valence-corrected chi connectivity index (χ0v) is 14.9. The maximum atomic E-state index is 12.5. The van der Waals surface area contributed by atoms with E-state index in [1.54, 1.807) is 49.4 Å². The lowest BCUT2D eigenvalue weighted by atomic mass is 10.2. The molecule has 1 heterocycles. The van der Waals surface area contributed by atoms with Crippen molar-refractivity contribution in [3.63, 3.8) is 0 Å². The molecule has 0 unspecified atom stereocenters. The van der Waals surface area contributed by atoms with Crippen LogP contribution in [-0.4, -0.2) is 29.0 Å². The van der Waals surface area contributed by atoms with Crippen LogP contribution < -0.4 is 10.6 Å². The van der Waals surface area contributed by atoms with Crippen LogP contribution in [0.1, 0.15) is 26.7 Å². The SMILES string of the molecule is COC(=O)c1cccc(Nc2cc(C(=O)Nc3ccccc3)nc(C)n2)c1. The highest BCUT2D eigenvalue weighted by molar-refractivity contribution is 6.03. The molecule has 2 aromatic carbocycles. The van der Waals surface area contributed by atoms with Crippen LogP contribution >= 0.6 is 0 Å². The van der Waals surface area contributed by atoms with E-state index < -0.39 is 5.97 Å². The molecular formula is C20H18N4O3. The molecule has 0 aliphatic rings. The van der Waals surface area contributed by atoms with E-state index in [4.69, 9.17) is 4.74 Å². The lowest BCUT2D eigenvalue weighted by molar-refractivity contribution is 0.0600. The van der Waals surface area contributed by atoms with Crippen molar-refractivity contribution >= 4 is 29.1 Å². The molecule has 1 aromatic heterocycles. The van der Waals surface area contributed by atoms with Crippen LogP contribution in [0.25, 0.3) is 0 Å². The lowest BCUT2D eigenvalue weighted by Crippen LogP contribution is -2.15. The molecule has 3 aromatic rings. The normalized spacial score (nSPS) is 10.1. The third kappa shape index (κ3) is 4.66. The number of hydrogen-bond acceptors (Lipinski definition) is 6. The van der Waals surface area contributed by atoms with Crippen LogP contribution in [-0.2, 0) is 4.74 Å². The van der Waals surface area contributed by atoms with Crippen LogP contribution in [0.5, 0.6) is 0 Å². The van der Waals surface area contributed by atoms with Crippen LogP contribution in [0.15, 0.2) is 60.7 Å². The maximum absolute atomic E-state index is 12.5. The van der Waals surface area contributed by atoms with Crippen molar-refractivity contribution in [1.82, 2.24) is 9.97 Å². The van der Waals surface area contributed by atoms with E-state index in [-0.39, 0.29) is 11.6 Å². The van der Waals surface area contributed by atoms with E-state index in [2.05, 4.69) is 20.6 Å². The molecule has 2 N–H and O–H groups in total. The summed E-state index contributed by atoms with van der Waals surface area (Å²) in [4.78, 5) is 32.6. The van der Waals surface area contributed by atoms with E-state index in [9.17, 15) is 9.59 Å². The molecule has 0 bridgehead atoms. The zero-order valence-electron chi connectivity index (χ0n) is 14.9. The fraction of sp³-hybridized carbons (Fsp3) is 0.100. The highest BCUT2D eigenvalue weighted by Gasteiger charge is 2.12. The number of rotatable bonds is 5. The Balaban J connectivity index is 1.81. The number of para-hydroxylation sites is 1. The monoisotopic (exact) mass is 362 g/mol. The summed E-state index contributed by atoms with van der Waals surface area (Å²) in [6.07, 6.45) is 0. The Morgan fingerprint density at radius 2 is 1.67 bits per heavy atom. The van der Waals surface area contributed by atoms with Gasteiger partial charge >= 0.3 is 5.97 Å². The van der Waals surface area contributed by atoms with Crippen molar-refractivity contribution in [3.8, 4) is 0 Å². The van der Waals surface area contributed by atoms with Gasteiger partial charge in [-0.1, -0.05) is 24.3 Å². The Morgan fingerprint density at radius 3 is 2.41 bits per heavy atom. The molecule has 3 rings (SSSR count). The molecule has 0 aliphatic carbocycles. The first-order valence-corrected chi connectivity index (χ1v) is 8.22. The van der Waals surface area contributed by atoms with Gasteiger partial charge in [0.2, 0.25) is 0 Å². The van der Waals surface area contributed by atoms with Gasteiger partial charge in [0.1, 0.15) is 17.3 Å². The average Bonchev–Trinajstić information content (AvgIpc) is 2.68. The zero-order chi connectivity index (χ0) is 19.2. The van der Waals surface area contributed by atoms with Gasteiger partial charge in [-0.15, -0.1) is 0 Å². The Bertz CT molecular complexity index is 974. The Hall–Kier alpha value is -3.74. The van der Waals surface area contributed by atoms with Gasteiger partial charge in [-0.25, -0.2) is 14.8 Å². The van der Waals surface area contributed by atoms with Gasteiger partial charge in [-0.2, -0.15) is 0 Å². The molecule has 0 atom stereocenters. The lowest BCUT2D eigenvalue weighted by Gasteiger charge is -2.10. The number of amides is 1. The molecule has 0 radical (unpaired) electrons. The van der Waals surface area contributed by atoms with E-state index >= 15 is 0 Å². The molecule has 0 aliphatic heterocycles. The van der Waals surface area contributed by atoms with E-state index in [1.165, 1.54) is 7.11 Å². The number of ether oxygens (including phenoxy) is 1. The standard InChI is InChI=1S/C20H18N4O3/c1-13-21-17(19(25)24-15-8-4-3-5-9-15)12-18(22-13)23-16-10-6-7-14(11-16)20(26)27-2/h3-12H,1-2H3,(H,24,25)(H,21,22,23). The molecule has 1 amide bonds. The number of aryl methyl sites for hydroxylation is 1. The number of nitrogens with zero attached hydrogens (tertiary/aromatic N) is 2. The predicted molar refractivity (Wildman–Crippen MR) is 102 cm³/mol. The topological polar surface area (TPSA) is 93.2 Å². The second-order valence-electron chi connectivity index (χ2n) is 5.70. The van der Waals surface area contributed by atoms with Crippen LogP contribution in [0.4, 0.5) is 17.2 Å². The van der Waals surface area contributed by atoms with Gasteiger partial charge in [0.05, 0.1) is 12.7 Å². The van der Waals surface area contributed by atoms with Crippen molar-refractivity contribution < 1.29 is 14.3 Å². The summed E-state index contributed by atoms with van der Waals surface area (Å²) in [6, 6.07) is 17.5. The van der Waals surface area contributed by atoms with E-state index in [0.29, 0.717) is 28.6 Å². The summed E-state index contributed by atoms with van der Waals surface area (Å²) >= 11 is 0. The molecule has 0 spiro atoms. The highest BCUT2D eigenvalue weighted by Crippen LogP contribution is 2.18. The minimum absolute atomic E-state index is 0.234. The number of nitrogens with one attached hydrogen (secondary N) is 2. The third-order valence-electron chi connectivity index (χ3n) is 3.66. The van der Waals surface area contributed by atoms with Crippen molar-refractivity contribution in [3.05, 3.63) is 77.7 Å². The molecule has 7 heteroatoms. The van der Waals surface area contributed by atoms with Gasteiger partial charge in [0.25, 0.3) is 5.91 Å². The summed E-state index contributed by atoms with van der Waals surface area (Å²) in [5, 5.41) is 5.87. The van der Waals surface area contributed by atoms with Gasteiger partial charge in [-0.3, -0.25) is 4.79 Å². The Morgan fingerprint density at radius 1 is 0.926 bits per heavy atom. The largest absolute Gasteiger partial charge is 0.465 e. The predicted octanol–water partition coefficient (Wildman–Crippen LogP) is 3.57. The Kier molecular flexibility index (Phi) is 5.41. The third-order valence-corrected chi connectivity index (χ3v) is 3.66. The quantitative estimate of drug-likeness (QED) is 0.674. The fourth-order valence-electron chi connectivity index (χ4n) is 2.45. The number of aromatic nitrogens is 2. The molecule has 0 saturated heterocycles. The molecule has 27 heavy (non-hydrogen) atoms. The number of methoxy groups -OCH3 is 1. The molecule has 136 valence electrons. The summed E-state index contributed by atoms with van der Waals surface area (Å²) in [7, 11) is 1.33. The van der Waals surface area contributed by atoms with Gasteiger partial charge in [0.15, 0.2) is 0 Å². The van der Waals surface area contributed by atoms with Gasteiger partial charge in [0, 0.05) is 17.4 Å². The Labute approximate surface area is 156 Å². The molecule has 7 nitrogen and oxygen atoms in total. The first-order valence-electron chi connectivity index (χ1n) is 8.22. The van der Waals surface area contributed by atoms with Crippen molar-refractivity contribution in [1.29, 1.82) is 0 Å². The van der Waals surface area contributed by atoms with Crippen molar-refractivity contribution in [2.24, 2.45) is 0 Å². The van der Waals surface area contributed by atoms with Crippen LogP contribution in [0.2, 0.25) is 0 Å². The highest BCUT2D eigenvalue weighted by atomic mass is 16.5. The van der Waals surface area contributed by atoms with Crippen LogP contribution in [0.3, 0.4) is 0 Å². The summed E-state index contributed by atoms with van der Waals surface area (Å²) in [5.74, 6) is 0.128. The minimum Gasteiger partial charge on any atom is -0.465 e. The van der Waals surface area contributed by atoms with E-state index in [1.807, 2.05) is 18.2 Å². The second-order valence-corrected chi connectivity index (χ2v) is 5.70. The summed E-state index contributed by atoms with van der Waals surface area (Å²) in [5.41, 5.74) is 1.97. The smallest absolute Gasteiger partial charge is 0.337 e. The number of carbonyl (C=O) groups excluding carboxylic acids is 2. The number of benzene rings is 2. The minimum atomic E-state index is -0.430. The first kappa shape index (κ1) is 18.1. The number of hydrogen-bond donors (Lipinski definition) is 2. The number of carbonyl (C=O) groups is 2.